The quantitative estimate of drug-likeness (QED) is 0.00921. The Morgan fingerprint density at radius 3 is 0.891 bits per heavy atom. The Kier molecular flexibility index (Phi) is 35.6. The van der Waals surface area contributed by atoms with E-state index in [1.807, 2.05) is 150 Å². The van der Waals surface area contributed by atoms with Gasteiger partial charge in [-0.1, -0.05) is 219 Å². The molecule has 0 fully saturated rings. The van der Waals surface area contributed by atoms with Gasteiger partial charge in [-0.15, -0.1) is 113 Å². The summed E-state index contributed by atoms with van der Waals surface area (Å²) in [6.07, 6.45) is 37.4. The molecule has 15 aromatic rings. The predicted octanol–water partition coefficient (Wildman–Crippen LogP) is 35.9. The summed E-state index contributed by atoms with van der Waals surface area (Å²) in [5.74, 6) is 11.5. The van der Waals surface area contributed by atoms with Crippen molar-refractivity contribution in [2.75, 3.05) is 26.3 Å². The number of nitrogens with zero attached hydrogens (tertiary/aromatic N) is 2. The maximum Gasteiger partial charge on any atom is 0.306 e. The molecule has 0 bridgehead atoms. The molecule has 0 saturated carbocycles. The fourth-order valence-electron chi connectivity index (χ4n) is 19.4. The second kappa shape index (κ2) is 48.9. The largest absolute Gasteiger partial charge is 0.465 e. The van der Waals surface area contributed by atoms with Crippen LogP contribution in [0.2, 0.25) is 0 Å². The highest BCUT2D eigenvalue weighted by Crippen LogP contribution is 2.53. The molecule has 5 aromatic carbocycles. The molecule has 716 valence electrons. The molecule has 0 saturated heterocycles. The highest BCUT2D eigenvalue weighted by Gasteiger charge is 2.39. The van der Waals surface area contributed by atoms with E-state index in [1.165, 1.54) is 210 Å². The first kappa shape index (κ1) is 100. The molecule has 0 atom stereocenters. The SMILES string of the molecule is CCCCCCCCN1C(=O)c2ccc3c4c(C#CCCC(=O)OCCc5cc(-c6ccc(-c7ccc(CCCCCC)s7)s6)sc5-c5ccc(-c6ccc(CCCCCC)s6)s5)cc5c6c(ccc(c7c(C#CCCC(=O)OCCc8cc(-c9ccc(-c%10ccc(CCCCCC)s%10)s9)sc8-c8ccc(-c9ccc(CCCCCC)s9)s8)cc(c2c37)C1=O)c64)C(=O)N(CCCCCCCC)C5=O. The number of rotatable bonds is 52. The lowest BCUT2D eigenvalue weighted by atomic mass is 9.79. The van der Waals surface area contributed by atoms with Gasteiger partial charge in [0, 0.05) is 202 Å². The minimum Gasteiger partial charge on any atom is -0.465 e. The maximum absolute atomic E-state index is 15.5. The van der Waals surface area contributed by atoms with Gasteiger partial charge < -0.3 is 9.47 Å². The Labute approximate surface area is 855 Å². The van der Waals surface area contributed by atoms with Crippen molar-refractivity contribution in [3.05, 3.63) is 210 Å². The van der Waals surface area contributed by atoms with Crippen LogP contribution in [0.4, 0.5) is 0 Å². The van der Waals surface area contributed by atoms with Crippen LogP contribution in [0.1, 0.15) is 330 Å². The summed E-state index contributed by atoms with van der Waals surface area (Å²) in [5, 5.41) is 4.99. The number of hydrogen-bond donors (Lipinski definition) is 0. The number of ether oxygens (including phenoxy) is 2. The number of hydrogen-bond acceptors (Lipinski definition) is 18. The fraction of sp³-hybridized carbons (Fsp3) is 0.407. The number of fused-ring (bicyclic) bond motifs is 2. The number of unbranched alkanes of at least 4 members (excludes halogenated alkanes) is 22. The highest BCUT2D eigenvalue weighted by atomic mass is 32.1. The van der Waals surface area contributed by atoms with Gasteiger partial charge in [0.05, 0.1) is 26.1 Å². The van der Waals surface area contributed by atoms with E-state index < -0.39 is 11.8 Å². The predicted molar refractivity (Wildman–Crippen MR) is 593 cm³/mol. The van der Waals surface area contributed by atoms with Gasteiger partial charge in [-0.3, -0.25) is 38.6 Å². The van der Waals surface area contributed by atoms with Gasteiger partial charge in [-0.05, 0) is 220 Å². The average molecular weight is 2020 g/mol. The Morgan fingerprint density at radius 1 is 0.268 bits per heavy atom. The monoisotopic (exact) mass is 2020 g/mol. The lowest BCUT2D eigenvalue weighted by molar-refractivity contribution is -0.144. The minimum atomic E-state index is -0.400. The lowest BCUT2D eigenvalue weighted by Gasteiger charge is -2.31. The van der Waals surface area contributed by atoms with Gasteiger partial charge in [0.25, 0.3) is 23.6 Å². The summed E-state index contributed by atoms with van der Waals surface area (Å²) in [6.45, 7) is 14.3. The van der Waals surface area contributed by atoms with Crippen LogP contribution < -0.4 is 0 Å². The number of thiophene rings is 10. The molecule has 2 aliphatic heterocycles. The zero-order chi connectivity index (χ0) is 95.4. The zero-order valence-corrected chi connectivity index (χ0v) is 89.0. The van der Waals surface area contributed by atoms with E-state index in [2.05, 4.69) is 174 Å². The van der Waals surface area contributed by atoms with Crippen LogP contribution in [0.5, 0.6) is 0 Å². The van der Waals surface area contributed by atoms with E-state index in [4.69, 9.17) is 9.47 Å². The average Bonchev–Trinajstić information content (AvgIpc) is 0.911. The summed E-state index contributed by atoms with van der Waals surface area (Å²) in [5.41, 5.74) is 4.80. The first-order chi connectivity index (χ1) is 67.7. The molecule has 10 aromatic heterocycles. The van der Waals surface area contributed by atoms with Crippen LogP contribution in [-0.2, 0) is 57.6 Å². The zero-order valence-electron chi connectivity index (χ0n) is 80.8. The molecular weight excluding hydrogens is 1890 g/mol. The van der Waals surface area contributed by atoms with E-state index in [0.717, 1.165) is 101 Å². The third-order valence-corrected chi connectivity index (χ3v) is 39.6. The van der Waals surface area contributed by atoms with Crippen molar-refractivity contribution in [1.82, 2.24) is 9.80 Å². The number of carbonyl (C=O) groups excluding carboxylic acids is 6. The highest BCUT2D eigenvalue weighted by molar-refractivity contribution is 7.31. The van der Waals surface area contributed by atoms with E-state index in [0.29, 0.717) is 102 Å². The van der Waals surface area contributed by atoms with E-state index >= 15 is 19.2 Å². The van der Waals surface area contributed by atoms with Gasteiger partial charge in [0.1, 0.15) is 0 Å². The van der Waals surface area contributed by atoms with Crippen LogP contribution in [0.25, 0.3) is 121 Å². The molecular formula is C118H126N2O8S10. The van der Waals surface area contributed by atoms with Crippen molar-refractivity contribution >= 4 is 192 Å². The summed E-state index contributed by atoms with van der Waals surface area (Å²) in [6, 6.07) is 52.3. The number of benzene rings is 5. The Hall–Kier alpha value is -9.26. The normalized spacial score (nSPS) is 12.6. The lowest BCUT2D eigenvalue weighted by Crippen LogP contribution is -2.41. The molecule has 4 amide bonds. The van der Waals surface area contributed by atoms with Gasteiger partial charge in [0.2, 0.25) is 0 Å². The smallest absolute Gasteiger partial charge is 0.306 e. The van der Waals surface area contributed by atoms with E-state index in [9.17, 15) is 9.59 Å². The second-order valence-electron chi connectivity index (χ2n) is 37.0. The molecule has 12 heterocycles. The summed E-state index contributed by atoms with van der Waals surface area (Å²) >= 11 is 18.6. The molecule has 0 radical (unpaired) electrons. The van der Waals surface area contributed by atoms with Crippen molar-refractivity contribution in [2.45, 2.75) is 286 Å². The third-order valence-electron chi connectivity index (χ3n) is 26.8. The van der Waals surface area contributed by atoms with Crippen molar-refractivity contribution < 1.29 is 38.2 Å². The van der Waals surface area contributed by atoms with E-state index in [-0.39, 0.29) is 75.7 Å². The summed E-state index contributed by atoms with van der Waals surface area (Å²) in [4.78, 5) is 118. The number of aryl methyl sites for hydroxylation is 4. The van der Waals surface area contributed by atoms with Gasteiger partial charge in [0.15, 0.2) is 0 Å². The van der Waals surface area contributed by atoms with Crippen molar-refractivity contribution in [1.29, 1.82) is 0 Å². The Bertz CT molecular complexity index is 6510. The van der Waals surface area contributed by atoms with Crippen LogP contribution in [-0.4, -0.2) is 71.7 Å². The van der Waals surface area contributed by atoms with Crippen LogP contribution >= 0.6 is 113 Å². The first-order valence-corrected chi connectivity index (χ1v) is 59.2. The third kappa shape index (κ3) is 23.7. The maximum atomic E-state index is 15.5. The van der Waals surface area contributed by atoms with Crippen LogP contribution in [0.15, 0.2) is 146 Å². The number of imide groups is 2. The standard InChI is InChI=1S/C118H126N2O8S10/c1-7-13-19-25-27-37-69-119-115(123)87-53-51-85-108-78(40-34-36-46-106(122)128-72-68-80-76-104(100-62-60-96(134-100)92-56-48-82(130-92)42-30-22-16-10-4)138-114(80)102-66-64-98(136-102)94-58-50-84(132-94)44-32-24-18-12-6)74-90-110-88(116(124)120(118(90)126)70-38-28-26-20-14-8-2)54-52-86(112(108)110)107-77(73-89(117(119)125)109(87)111(85)107)39-33-35-45-105(121)127-71-67-79-75-103(99-61-59-95(133-99)91-55-47-81(129-91)41-29-21-15-9-3)137-113(79)101-65-63-97(135-101)93-57-49-83(131-93)43-31-23-17-11-5/h47-66,73-76H,7-32,35-38,41-46,67-72H2,1-6H3. The molecule has 20 heteroatoms. The molecule has 0 N–H and O–H groups in total. The molecule has 0 aliphatic carbocycles. The van der Waals surface area contributed by atoms with Crippen LogP contribution in [0, 0.1) is 23.7 Å². The van der Waals surface area contributed by atoms with Gasteiger partial charge >= 0.3 is 11.9 Å². The fourth-order valence-corrected chi connectivity index (χ4v) is 30.8. The topological polar surface area (TPSA) is 127 Å². The molecule has 0 spiro atoms. The Balaban J connectivity index is 0.656. The molecule has 0 unspecified atom stereocenters. The molecule has 138 heavy (non-hydrogen) atoms. The molecule has 17 rings (SSSR count). The molecule has 10 nitrogen and oxygen atoms in total. The van der Waals surface area contributed by atoms with Crippen molar-refractivity contribution in [3.63, 3.8) is 0 Å². The minimum absolute atomic E-state index is 0.0127. The first-order valence-electron chi connectivity index (χ1n) is 51.0. The Morgan fingerprint density at radius 2 is 0.551 bits per heavy atom. The summed E-state index contributed by atoms with van der Waals surface area (Å²) < 4.78 is 12.4. The second-order valence-corrected chi connectivity index (χ2v) is 48.1. The van der Waals surface area contributed by atoms with Crippen molar-refractivity contribution in [2.24, 2.45) is 0 Å². The van der Waals surface area contributed by atoms with E-state index in [1.54, 1.807) is 0 Å². The van der Waals surface area contributed by atoms with Gasteiger partial charge in [-0.2, -0.15) is 0 Å². The van der Waals surface area contributed by atoms with Gasteiger partial charge in [-0.25, -0.2) is 0 Å². The molecule has 2 aliphatic rings. The van der Waals surface area contributed by atoms with Crippen molar-refractivity contribution in [3.8, 4) is 102 Å². The number of esters is 2. The number of carbonyl (C=O) groups is 6. The summed E-state index contributed by atoms with van der Waals surface area (Å²) in [7, 11) is 0. The van der Waals surface area contributed by atoms with Crippen LogP contribution in [0.3, 0.4) is 0 Å². The number of amides is 4.